The maximum Gasteiger partial charge on any atom is 0.245 e. The number of hydrazine groups is 1. The molecular formula is C25H25N5. The van der Waals surface area contributed by atoms with Crippen LogP contribution in [0.2, 0.25) is 0 Å². The molecule has 0 aliphatic carbocycles. The van der Waals surface area contributed by atoms with Crippen molar-refractivity contribution in [1.82, 2.24) is 19.9 Å². The van der Waals surface area contributed by atoms with E-state index in [1.807, 2.05) is 24.4 Å². The minimum atomic E-state index is 0.710. The predicted octanol–water partition coefficient (Wildman–Crippen LogP) is 4.60. The van der Waals surface area contributed by atoms with Crippen LogP contribution >= 0.6 is 0 Å². The first kappa shape index (κ1) is 18.7. The Morgan fingerprint density at radius 2 is 1.47 bits per heavy atom. The minimum Gasteiger partial charge on any atom is -0.304 e. The zero-order valence-corrected chi connectivity index (χ0v) is 17.1. The Bertz CT molecular complexity index is 1140. The van der Waals surface area contributed by atoms with Crippen LogP contribution in [0.1, 0.15) is 0 Å². The number of anilines is 2. The summed E-state index contributed by atoms with van der Waals surface area (Å²) in [4.78, 5) is 12.1. The van der Waals surface area contributed by atoms with E-state index in [-0.39, 0.29) is 0 Å². The van der Waals surface area contributed by atoms with Crippen LogP contribution < -0.4 is 5.01 Å². The van der Waals surface area contributed by atoms with Crippen LogP contribution in [0.25, 0.3) is 22.0 Å². The zero-order valence-electron chi connectivity index (χ0n) is 17.1. The summed E-state index contributed by atoms with van der Waals surface area (Å²) in [6, 6.07) is 27.2. The summed E-state index contributed by atoms with van der Waals surface area (Å²) in [6.45, 7) is 3.88. The summed E-state index contributed by atoms with van der Waals surface area (Å²) in [7, 11) is 2.17. The van der Waals surface area contributed by atoms with Crippen molar-refractivity contribution in [3.8, 4) is 11.1 Å². The Morgan fingerprint density at radius 3 is 2.30 bits per heavy atom. The van der Waals surface area contributed by atoms with Gasteiger partial charge < -0.3 is 4.90 Å². The van der Waals surface area contributed by atoms with E-state index in [1.54, 1.807) is 0 Å². The molecule has 5 heteroatoms. The number of fused-ring (bicyclic) bond motifs is 1. The normalized spacial score (nSPS) is 15.4. The summed E-state index contributed by atoms with van der Waals surface area (Å²) in [6.07, 6.45) is 1.92. The Hall–Kier alpha value is -3.28. The highest BCUT2D eigenvalue weighted by Crippen LogP contribution is 2.35. The van der Waals surface area contributed by atoms with Crippen molar-refractivity contribution in [2.45, 2.75) is 0 Å². The van der Waals surface area contributed by atoms with Gasteiger partial charge in [-0.2, -0.15) is 0 Å². The van der Waals surface area contributed by atoms with Gasteiger partial charge in [0.15, 0.2) is 0 Å². The molecule has 0 spiro atoms. The highest BCUT2D eigenvalue weighted by Gasteiger charge is 2.26. The largest absolute Gasteiger partial charge is 0.304 e. The van der Waals surface area contributed by atoms with Crippen molar-refractivity contribution in [2.24, 2.45) is 0 Å². The highest BCUT2D eigenvalue weighted by atomic mass is 15.7. The fourth-order valence-corrected chi connectivity index (χ4v) is 3.97. The van der Waals surface area contributed by atoms with Gasteiger partial charge in [0, 0.05) is 43.3 Å². The first-order valence-electron chi connectivity index (χ1n) is 10.4. The Labute approximate surface area is 177 Å². The summed E-state index contributed by atoms with van der Waals surface area (Å²) < 4.78 is 0. The number of nitrogens with zero attached hydrogens (tertiary/aromatic N) is 5. The van der Waals surface area contributed by atoms with E-state index in [2.05, 4.69) is 82.6 Å². The molecule has 0 N–H and O–H groups in total. The maximum absolute atomic E-state index is 4.94. The molecule has 0 radical (unpaired) electrons. The van der Waals surface area contributed by atoms with Crippen LogP contribution in [0.3, 0.4) is 0 Å². The van der Waals surface area contributed by atoms with Crippen LogP contribution in [0.15, 0.2) is 85.1 Å². The van der Waals surface area contributed by atoms with Gasteiger partial charge in [-0.25, -0.2) is 20.0 Å². The first-order valence-corrected chi connectivity index (χ1v) is 10.4. The average Bonchev–Trinajstić information content (AvgIpc) is 2.81. The average molecular weight is 396 g/mol. The van der Waals surface area contributed by atoms with E-state index in [0.29, 0.717) is 5.95 Å². The molecule has 1 fully saturated rings. The number of likely N-dealkylation sites (N-methyl/N-ethyl adjacent to an activating group) is 1. The van der Waals surface area contributed by atoms with E-state index < -0.39 is 0 Å². The molecule has 1 aliphatic heterocycles. The molecule has 5 rings (SSSR count). The summed E-state index contributed by atoms with van der Waals surface area (Å²) in [5.41, 5.74) is 4.42. The molecule has 1 aliphatic rings. The van der Waals surface area contributed by atoms with Crippen molar-refractivity contribution in [3.05, 3.63) is 85.1 Å². The van der Waals surface area contributed by atoms with Crippen molar-refractivity contribution in [3.63, 3.8) is 0 Å². The van der Waals surface area contributed by atoms with Crippen LogP contribution in [-0.4, -0.2) is 53.1 Å². The molecule has 150 valence electrons. The number of aromatic nitrogens is 2. The third-order valence-electron chi connectivity index (χ3n) is 5.65. The molecular weight excluding hydrogens is 370 g/mol. The van der Waals surface area contributed by atoms with Gasteiger partial charge in [0.05, 0.1) is 11.2 Å². The minimum absolute atomic E-state index is 0.710. The van der Waals surface area contributed by atoms with Crippen LogP contribution in [-0.2, 0) is 0 Å². The van der Waals surface area contributed by atoms with Crippen LogP contribution in [0.5, 0.6) is 0 Å². The van der Waals surface area contributed by atoms with Crippen LogP contribution in [0, 0.1) is 0 Å². The number of benzene rings is 3. The van der Waals surface area contributed by atoms with Gasteiger partial charge in [0.2, 0.25) is 5.95 Å². The number of hydrogen-bond acceptors (Lipinski definition) is 5. The number of para-hydroxylation sites is 2. The van der Waals surface area contributed by atoms with Gasteiger partial charge >= 0.3 is 0 Å². The molecule has 0 amide bonds. The third-order valence-corrected chi connectivity index (χ3v) is 5.65. The van der Waals surface area contributed by atoms with Gasteiger partial charge in [0.1, 0.15) is 0 Å². The highest BCUT2D eigenvalue weighted by molar-refractivity contribution is 5.83. The molecule has 2 heterocycles. The van der Waals surface area contributed by atoms with Crippen molar-refractivity contribution in [1.29, 1.82) is 0 Å². The Morgan fingerprint density at radius 1 is 0.767 bits per heavy atom. The van der Waals surface area contributed by atoms with Gasteiger partial charge in [-0.3, -0.25) is 0 Å². The van der Waals surface area contributed by atoms with Gasteiger partial charge in [-0.05, 0) is 24.7 Å². The second-order valence-electron chi connectivity index (χ2n) is 7.68. The SMILES string of the molecule is CN1CCN(N(c2ncc3ccccc3n2)c2ccccc2-c2ccccc2)CC1. The van der Waals surface area contributed by atoms with Gasteiger partial charge in [0.25, 0.3) is 0 Å². The fourth-order valence-electron chi connectivity index (χ4n) is 3.97. The van der Waals surface area contributed by atoms with E-state index >= 15 is 0 Å². The summed E-state index contributed by atoms with van der Waals surface area (Å²) in [5, 5.41) is 5.63. The van der Waals surface area contributed by atoms with E-state index in [1.165, 1.54) is 11.1 Å². The van der Waals surface area contributed by atoms with Crippen molar-refractivity contribution >= 4 is 22.5 Å². The molecule has 1 saturated heterocycles. The second kappa shape index (κ2) is 8.22. The van der Waals surface area contributed by atoms with E-state index in [4.69, 9.17) is 9.97 Å². The van der Waals surface area contributed by atoms with Crippen molar-refractivity contribution < 1.29 is 0 Å². The molecule has 1 aromatic heterocycles. The molecule has 0 saturated carbocycles. The monoisotopic (exact) mass is 395 g/mol. The number of rotatable bonds is 4. The predicted molar refractivity (Wildman–Crippen MR) is 123 cm³/mol. The third kappa shape index (κ3) is 3.65. The molecule has 4 aromatic rings. The van der Waals surface area contributed by atoms with E-state index in [9.17, 15) is 0 Å². The number of hydrogen-bond donors (Lipinski definition) is 0. The lowest BCUT2D eigenvalue weighted by Gasteiger charge is -2.40. The zero-order chi connectivity index (χ0) is 20.3. The lowest BCUT2D eigenvalue weighted by Crippen LogP contribution is -2.51. The summed E-state index contributed by atoms with van der Waals surface area (Å²) in [5.74, 6) is 0.710. The maximum atomic E-state index is 4.94. The smallest absolute Gasteiger partial charge is 0.245 e. The quantitative estimate of drug-likeness (QED) is 0.505. The van der Waals surface area contributed by atoms with Gasteiger partial charge in [-0.1, -0.05) is 66.7 Å². The molecule has 3 aromatic carbocycles. The lowest BCUT2D eigenvalue weighted by molar-refractivity contribution is 0.153. The second-order valence-corrected chi connectivity index (χ2v) is 7.68. The van der Waals surface area contributed by atoms with Gasteiger partial charge in [-0.15, -0.1) is 0 Å². The molecule has 30 heavy (non-hydrogen) atoms. The van der Waals surface area contributed by atoms with Crippen molar-refractivity contribution in [2.75, 3.05) is 38.2 Å². The first-order chi connectivity index (χ1) is 14.8. The Balaban J connectivity index is 1.65. The number of piperazine rings is 1. The standard InChI is InChI=1S/C25H25N5/c1-28-15-17-29(18-16-28)30(25-26-19-21-11-5-7-13-23(21)27-25)24-14-8-6-12-22(24)20-9-3-2-4-10-20/h2-14,19H,15-18H2,1H3. The molecule has 0 bridgehead atoms. The summed E-state index contributed by atoms with van der Waals surface area (Å²) >= 11 is 0. The topological polar surface area (TPSA) is 35.5 Å². The lowest BCUT2D eigenvalue weighted by atomic mass is 10.0. The molecule has 5 nitrogen and oxygen atoms in total. The fraction of sp³-hybridized carbons (Fsp3) is 0.200. The van der Waals surface area contributed by atoms with Crippen LogP contribution in [0.4, 0.5) is 11.6 Å². The van der Waals surface area contributed by atoms with E-state index in [0.717, 1.165) is 42.8 Å². The molecule has 0 unspecified atom stereocenters. The molecule has 0 atom stereocenters. The Kier molecular flexibility index (Phi) is 5.13.